The average Bonchev–Trinajstić information content (AvgIpc) is 3.13. The normalized spacial score (nSPS) is 20.3. The molecule has 2 heterocycles. The van der Waals surface area contributed by atoms with Crippen molar-refractivity contribution < 1.29 is 23.9 Å². The summed E-state index contributed by atoms with van der Waals surface area (Å²) < 4.78 is 12.2. The van der Waals surface area contributed by atoms with Crippen LogP contribution in [0.5, 0.6) is 11.5 Å². The van der Waals surface area contributed by atoms with Gasteiger partial charge in [0.15, 0.2) is 17.2 Å². The second-order valence-corrected chi connectivity index (χ2v) is 9.71. The quantitative estimate of drug-likeness (QED) is 0.568. The lowest BCUT2D eigenvalue weighted by Crippen LogP contribution is -2.63. The van der Waals surface area contributed by atoms with Crippen LogP contribution in [-0.2, 0) is 17.9 Å². The Morgan fingerprint density at radius 1 is 1.14 bits per heavy atom. The molecule has 1 aliphatic heterocycles. The lowest BCUT2D eigenvalue weighted by molar-refractivity contribution is -0.133. The Morgan fingerprint density at radius 2 is 1.86 bits per heavy atom. The van der Waals surface area contributed by atoms with E-state index in [-0.39, 0.29) is 42.3 Å². The Morgan fingerprint density at radius 3 is 2.53 bits per heavy atom. The van der Waals surface area contributed by atoms with E-state index in [1.54, 1.807) is 27.1 Å². The van der Waals surface area contributed by atoms with Crippen molar-refractivity contribution in [2.45, 2.75) is 70.1 Å². The maximum absolute atomic E-state index is 13.3. The largest absolute Gasteiger partial charge is 0.493 e. The van der Waals surface area contributed by atoms with Gasteiger partial charge in [-0.2, -0.15) is 5.10 Å². The maximum atomic E-state index is 13.3. The minimum atomic E-state index is -1.11. The average molecular weight is 498 g/mol. The summed E-state index contributed by atoms with van der Waals surface area (Å²) in [5.74, 6) is 0.138. The summed E-state index contributed by atoms with van der Waals surface area (Å²) in [6, 6.07) is 7.01. The number of methoxy groups -OCH3 is 2. The summed E-state index contributed by atoms with van der Waals surface area (Å²) in [7, 11) is 4.71. The van der Waals surface area contributed by atoms with E-state index in [4.69, 9.17) is 9.47 Å². The van der Waals surface area contributed by atoms with Crippen molar-refractivity contribution in [1.82, 2.24) is 25.3 Å². The fourth-order valence-electron chi connectivity index (χ4n) is 4.96. The fourth-order valence-corrected chi connectivity index (χ4v) is 4.96. The number of benzene rings is 1. The number of likely N-dealkylation sites (N-methyl/N-ethyl adjacent to an activating group) is 1. The van der Waals surface area contributed by atoms with Crippen molar-refractivity contribution in [3.05, 3.63) is 41.2 Å². The van der Waals surface area contributed by atoms with E-state index < -0.39 is 11.4 Å². The molecule has 0 spiro atoms. The van der Waals surface area contributed by atoms with Gasteiger partial charge in [0, 0.05) is 31.3 Å². The van der Waals surface area contributed by atoms with Gasteiger partial charge >= 0.3 is 0 Å². The number of amides is 3. The number of nitrogens with one attached hydrogen (secondary N) is 2. The first-order valence-corrected chi connectivity index (χ1v) is 12.4. The number of carbonyl (C=O) groups is 3. The van der Waals surface area contributed by atoms with Crippen molar-refractivity contribution in [1.29, 1.82) is 0 Å². The van der Waals surface area contributed by atoms with E-state index in [0.717, 1.165) is 31.2 Å². The molecule has 0 bridgehead atoms. The van der Waals surface area contributed by atoms with Gasteiger partial charge in [-0.3, -0.25) is 19.1 Å². The van der Waals surface area contributed by atoms with Gasteiger partial charge in [0.05, 0.1) is 20.8 Å². The highest BCUT2D eigenvalue weighted by Gasteiger charge is 2.46. The molecular formula is C26H35N5O5. The van der Waals surface area contributed by atoms with Gasteiger partial charge in [0.1, 0.15) is 11.2 Å². The van der Waals surface area contributed by atoms with Crippen molar-refractivity contribution in [3.63, 3.8) is 0 Å². The van der Waals surface area contributed by atoms with E-state index >= 15 is 0 Å². The molecule has 2 aromatic rings. The molecule has 2 N–H and O–H groups in total. The predicted molar refractivity (Wildman–Crippen MR) is 133 cm³/mol. The summed E-state index contributed by atoms with van der Waals surface area (Å²) in [6.45, 7) is 2.10. The van der Waals surface area contributed by atoms with Crippen LogP contribution >= 0.6 is 0 Å². The molecule has 2 aliphatic rings. The van der Waals surface area contributed by atoms with Crippen molar-refractivity contribution in [2.75, 3.05) is 21.3 Å². The summed E-state index contributed by atoms with van der Waals surface area (Å²) in [5.41, 5.74) is 0.0283. The first kappa shape index (κ1) is 25.5. The fraction of sp³-hybridized carbons (Fsp3) is 0.538. The zero-order chi connectivity index (χ0) is 25.9. The van der Waals surface area contributed by atoms with Crippen LogP contribution in [0, 0.1) is 0 Å². The number of fused-ring (bicyclic) bond motifs is 1. The van der Waals surface area contributed by atoms with Gasteiger partial charge in [-0.15, -0.1) is 0 Å². The molecule has 1 saturated carbocycles. The molecule has 0 radical (unpaired) electrons. The molecule has 194 valence electrons. The standard InChI is InChI=1S/C26H35N5O5/c1-26(25(34)28-18-11-7-5-6-8-12-18)16-31-20(24(33)30(26)2)14-19(29-31)23(32)27-15-17-10-9-13-21(35-3)22(17)36-4/h9-10,13-14,18H,5-8,11-12,15-16H2,1-4H3,(H,27,32)(H,28,34)/t26-/m1/s1. The monoisotopic (exact) mass is 497 g/mol. The summed E-state index contributed by atoms with van der Waals surface area (Å²) in [5, 5.41) is 10.4. The summed E-state index contributed by atoms with van der Waals surface area (Å²) in [4.78, 5) is 40.9. The van der Waals surface area contributed by atoms with Crippen LogP contribution in [0.1, 0.15) is 72.0 Å². The van der Waals surface area contributed by atoms with Crippen LogP contribution in [0.3, 0.4) is 0 Å². The molecular weight excluding hydrogens is 462 g/mol. The molecule has 1 fully saturated rings. The molecule has 1 atom stereocenters. The SMILES string of the molecule is COc1cccc(CNC(=O)c2cc3n(n2)C[C@](C)(C(=O)NC2CCCCCC2)N(C)C3=O)c1OC. The number of para-hydroxylation sites is 1. The summed E-state index contributed by atoms with van der Waals surface area (Å²) >= 11 is 0. The number of nitrogens with zero attached hydrogens (tertiary/aromatic N) is 3. The van der Waals surface area contributed by atoms with E-state index in [2.05, 4.69) is 15.7 Å². The minimum Gasteiger partial charge on any atom is -0.493 e. The number of hydrogen-bond donors (Lipinski definition) is 2. The van der Waals surface area contributed by atoms with Crippen LogP contribution in [0.15, 0.2) is 24.3 Å². The highest BCUT2D eigenvalue weighted by molar-refractivity contribution is 6.01. The minimum absolute atomic E-state index is 0.113. The highest BCUT2D eigenvalue weighted by Crippen LogP contribution is 2.31. The molecule has 1 aliphatic carbocycles. The van der Waals surface area contributed by atoms with Gasteiger partial charge in [-0.25, -0.2) is 0 Å². The number of rotatable bonds is 7. The molecule has 36 heavy (non-hydrogen) atoms. The molecule has 3 amide bonds. The number of aromatic nitrogens is 2. The van der Waals surface area contributed by atoms with Gasteiger partial charge in [0.25, 0.3) is 11.8 Å². The van der Waals surface area contributed by atoms with Gasteiger partial charge in [-0.05, 0) is 25.8 Å². The third-order valence-corrected chi connectivity index (χ3v) is 7.34. The Labute approximate surface area is 211 Å². The molecule has 1 aromatic heterocycles. The smallest absolute Gasteiger partial charge is 0.272 e. The molecule has 1 aromatic carbocycles. The van der Waals surface area contributed by atoms with Crippen molar-refractivity contribution >= 4 is 17.7 Å². The molecule has 0 saturated heterocycles. The molecule has 4 rings (SSSR count). The van der Waals surface area contributed by atoms with E-state index in [1.807, 2.05) is 12.1 Å². The van der Waals surface area contributed by atoms with Crippen LogP contribution in [0.2, 0.25) is 0 Å². The number of hydrogen-bond acceptors (Lipinski definition) is 6. The lowest BCUT2D eigenvalue weighted by Gasteiger charge is -2.41. The second-order valence-electron chi connectivity index (χ2n) is 9.71. The highest BCUT2D eigenvalue weighted by atomic mass is 16.5. The zero-order valence-electron chi connectivity index (χ0n) is 21.4. The molecule has 10 nitrogen and oxygen atoms in total. The molecule has 10 heteroatoms. The van der Waals surface area contributed by atoms with Crippen LogP contribution in [0.25, 0.3) is 0 Å². The maximum Gasteiger partial charge on any atom is 0.272 e. The van der Waals surface area contributed by atoms with Crippen LogP contribution < -0.4 is 20.1 Å². The molecule has 0 unspecified atom stereocenters. The lowest BCUT2D eigenvalue weighted by atomic mass is 9.95. The number of carbonyl (C=O) groups excluding carboxylic acids is 3. The summed E-state index contributed by atoms with van der Waals surface area (Å²) in [6.07, 6.45) is 6.48. The predicted octanol–water partition coefficient (Wildman–Crippen LogP) is 2.51. The third kappa shape index (κ3) is 4.89. The van der Waals surface area contributed by atoms with E-state index in [0.29, 0.717) is 11.5 Å². The Hall–Kier alpha value is -3.56. The van der Waals surface area contributed by atoms with E-state index in [9.17, 15) is 14.4 Å². The van der Waals surface area contributed by atoms with Crippen molar-refractivity contribution in [3.8, 4) is 11.5 Å². The Balaban J connectivity index is 1.48. The topological polar surface area (TPSA) is 115 Å². The Kier molecular flexibility index (Phi) is 7.51. The Bertz CT molecular complexity index is 1140. The van der Waals surface area contributed by atoms with Gasteiger partial charge in [-0.1, -0.05) is 37.8 Å². The third-order valence-electron chi connectivity index (χ3n) is 7.34. The number of ether oxygens (including phenoxy) is 2. The van der Waals surface area contributed by atoms with E-state index in [1.165, 1.54) is 35.6 Å². The van der Waals surface area contributed by atoms with Gasteiger partial charge < -0.3 is 25.0 Å². The first-order valence-electron chi connectivity index (χ1n) is 12.4. The van der Waals surface area contributed by atoms with Crippen LogP contribution in [-0.4, -0.2) is 65.2 Å². The van der Waals surface area contributed by atoms with Gasteiger partial charge in [0.2, 0.25) is 5.91 Å². The second kappa shape index (κ2) is 10.6. The first-order chi connectivity index (χ1) is 17.3. The van der Waals surface area contributed by atoms with Crippen molar-refractivity contribution in [2.24, 2.45) is 0 Å². The van der Waals surface area contributed by atoms with Crippen LogP contribution in [0.4, 0.5) is 0 Å². The zero-order valence-corrected chi connectivity index (χ0v) is 21.4.